The Kier molecular flexibility index (Phi) is 6.01. The molecular weight excluding hydrogens is 256 g/mol. The molecule has 6 nitrogen and oxygen atoms in total. The fourth-order valence-electron chi connectivity index (χ4n) is 1.87. The number of nitrogens with zero attached hydrogens (tertiary/aromatic N) is 2. The number of nitrogens with one attached hydrogen (secondary N) is 2. The molecule has 2 N–H and O–H groups in total. The summed E-state index contributed by atoms with van der Waals surface area (Å²) in [5.74, 6) is 0.968. The van der Waals surface area contributed by atoms with Gasteiger partial charge >= 0.3 is 6.03 Å². The van der Waals surface area contributed by atoms with Gasteiger partial charge in [0.15, 0.2) is 0 Å². The Bertz CT molecular complexity index is 435. The second kappa shape index (κ2) is 7.28. The van der Waals surface area contributed by atoms with Gasteiger partial charge < -0.3 is 19.9 Å². The first-order valence-corrected chi connectivity index (χ1v) is 6.89. The van der Waals surface area contributed by atoms with Gasteiger partial charge in [-0.15, -0.1) is 0 Å². The fraction of sp³-hybridized carbons (Fsp3) is 0.714. The Labute approximate surface area is 120 Å². The van der Waals surface area contributed by atoms with Crippen molar-refractivity contribution < 1.29 is 9.53 Å². The van der Waals surface area contributed by atoms with Crippen LogP contribution in [0.3, 0.4) is 0 Å². The number of urea groups is 1. The summed E-state index contributed by atoms with van der Waals surface area (Å²) >= 11 is 0. The maximum atomic E-state index is 11.6. The number of rotatable bonds is 6. The molecule has 0 saturated heterocycles. The summed E-state index contributed by atoms with van der Waals surface area (Å²) in [5.41, 5.74) is 0.883. The molecule has 0 bridgehead atoms. The van der Waals surface area contributed by atoms with Crippen molar-refractivity contribution in [3.8, 4) is 0 Å². The van der Waals surface area contributed by atoms with Gasteiger partial charge in [0.25, 0.3) is 0 Å². The first kappa shape index (κ1) is 16.5. The van der Waals surface area contributed by atoms with E-state index in [9.17, 15) is 4.79 Å². The summed E-state index contributed by atoms with van der Waals surface area (Å²) < 4.78 is 7.21. The molecule has 1 aromatic heterocycles. The molecule has 0 aliphatic heterocycles. The molecule has 0 fully saturated rings. The van der Waals surface area contributed by atoms with Gasteiger partial charge in [0.2, 0.25) is 0 Å². The average Bonchev–Trinajstić information content (AvgIpc) is 2.65. The Hall–Kier alpha value is -1.56. The lowest BCUT2D eigenvalue weighted by Crippen LogP contribution is -2.46. The second-order valence-corrected chi connectivity index (χ2v) is 5.84. The molecule has 114 valence electrons. The molecular formula is C14H26N4O2. The molecule has 2 amide bonds. The minimum absolute atomic E-state index is 0.149. The highest BCUT2D eigenvalue weighted by molar-refractivity contribution is 5.74. The molecule has 0 aliphatic carbocycles. The number of hydrogen-bond donors (Lipinski definition) is 2. The molecule has 0 unspecified atom stereocenters. The number of imidazole rings is 1. The maximum absolute atomic E-state index is 11.6. The van der Waals surface area contributed by atoms with E-state index in [4.69, 9.17) is 4.74 Å². The van der Waals surface area contributed by atoms with Crippen LogP contribution in [0, 0.1) is 6.92 Å². The maximum Gasteiger partial charge on any atom is 0.315 e. The highest BCUT2D eigenvalue weighted by Crippen LogP contribution is 2.05. The fourth-order valence-corrected chi connectivity index (χ4v) is 1.87. The van der Waals surface area contributed by atoms with Gasteiger partial charge in [-0.1, -0.05) is 0 Å². The molecule has 0 spiro atoms. The first-order valence-electron chi connectivity index (χ1n) is 6.89. The third-order valence-electron chi connectivity index (χ3n) is 2.78. The van der Waals surface area contributed by atoms with Crippen LogP contribution in [0.15, 0.2) is 6.20 Å². The van der Waals surface area contributed by atoms with E-state index in [0.717, 1.165) is 18.1 Å². The van der Waals surface area contributed by atoms with E-state index in [1.54, 1.807) is 7.11 Å². The van der Waals surface area contributed by atoms with Crippen LogP contribution in [0.1, 0.15) is 32.3 Å². The Morgan fingerprint density at radius 3 is 2.75 bits per heavy atom. The van der Waals surface area contributed by atoms with Gasteiger partial charge in [0.05, 0.1) is 6.61 Å². The zero-order valence-corrected chi connectivity index (χ0v) is 13.1. The van der Waals surface area contributed by atoms with Crippen molar-refractivity contribution in [2.24, 2.45) is 0 Å². The highest BCUT2D eigenvalue weighted by atomic mass is 16.5. The lowest BCUT2D eigenvalue weighted by molar-refractivity contribution is 0.185. The molecule has 20 heavy (non-hydrogen) atoms. The van der Waals surface area contributed by atoms with Crippen molar-refractivity contribution in [3.63, 3.8) is 0 Å². The van der Waals surface area contributed by atoms with Crippen LogP contribution in [-0.2, 0) is 17.7 Å². The Balaban J connectivity index is 2.44. The molecule has 0 saturated carbocycles. The van der Waals surface area contributed by atoms with Crippen molar-refractivity contribution in [3.05, 3.63) is 17.7 Å². The van der Waals surface area contributed by atoms with E-state index in [-0.39, 0.29) is 11.6 Å². The van der Waals surface area contributed by atoms with Gasteiger partial charge in [-0.2, -0.15) is 0 Å². The summed E-state index contributed by atoms with van der Waals surface area (Å²) in [5, 5.41) is 5.71. The second-order valence-electron chi connectivity index (χ2n) is 5.84. The van der Waals surface area contributed by atoms with Gasteiger partial charge in [-0.3, -0.25) is 0 Å². The van der Waals surface area contributed by atoms with E-state index in [2.05, 4.69) is 20.2 Å². The molecule has 0 atom stereocenters. The zero-order valence-electron chi connectivity index (χ0n) is 13.1. The quantitative estimate of drug-likeness (QED) is 0.830. The Morgan fingerprint density at radius 1 is 1.45 bits per heavy atom. The summed E-state index contributed by atoms with van der Waals surface area (Å²) in [7, 11) is 1.68. The molecule has 0 aliphatic rings. The minimum Gasteiger partial charge on any atom is -0.383 e. The van der Waals surface area contributed by atoms with Gasteiger partial charge in [0, 0.05) is 44.0 Å². The van der Waals surface area contributed by atoms with Gasteiger partial charge in [-0.25, -0.2) is 9.78 Å². The summed E-state index contributed by atoms with van der Waals surface area (Å²) in [6.07, 6.45) is 2.55. The lowest BCUT2D eigenvalue weighted by atomic mass is 10.1. The molecule has 0 aromatic carbocycles. The van der Waals surface area contributed by atoms with Crippen LogP contribution in [0.5, 0.6) is 0 Å². The molecule has 1 aromatic rings. The first-order chi connectivity index (χ1) is 9.33. The number of aromatic nitrogens is 2. The van der Waals surface area contributed by atoms with E-state index in [1.165, 1.54) is 0 Å². The summed E-state index contributed by atoms with van der Waals surface area (Å²) in [6, 6.07) is -0.149. The molecule has 1 rings (SSSR count). The summed E-state index contributed by atoms with van der Waals surface area (Å²) in [4.78, 5) is 16.0. The van der Waals surface area contributed by atoms with Crippen molar-refractivity contribution >= 4 is 6.03 Å². The predicted molar refractivity (Wildman–Crippen MR) is 78.8 cm³/mol. The SMILES string of the molecule is COCCn1c(C)cnc1CCNC(=O)NC(C)(C)C. The topological polar surface area (TPSA) is 68.2 Å². The monoisotopic (exact) mass is 282 g/mol. The minimum atomic E-state index is -0.225. The standard InChI is InChI=1S/C14H26N4O2/c1-11-10-16-12(18(11)8-9-20-5)6-7-15-13(19)17-14(2,3)4/h10H,6-9H2,1-5H3,(H2,15,17,19). The lowest BCUT2D eigenvalue weighted by Gasteiger charge is -2.20. The third-order valence-corrected chi connectivity index (χ3v) is 2.78. The number of hydrogen-bond acceptors (Lipinski definition) is 3. The average molecular weight is 282 g/mol. The summed E-state index contributed by atoms with van der Waals surface area (Å²) in [6.45, 7) is 9.87. The van der Waals surface area contributed by atoms with Crippen molar-refractivity contribution in [1.29, 1.82) is 0 Å². The normalized spacial score (nSPS) is 11.4. The number of aryl methyl sites for hydroxylation is 1. The number of carbonyl (C=O) groups is 1. The van der Waals surface area contributed by atoms with Crippen LogP contribution in [0.4, 0.5) is 4.79 Å². The largest absolute Gasteiger partial charge is 0.383 e. The number of methoxy groups -OCH3 is 1. The van der Waals surface area contributed by atoms with Gasteiger partial charge in [-0.05, 0) is 27.7 Å². The smallest absolute Gasteiger partial charge is 0.315 e. The molecule has 0 radical (unpaired) electrons. The Morgan fingerprint density at radius 2 is 2.15 bits per heavy atom. The van der Waals surface area contributed by atoms with Crippen LogP contribution in [-0.4, -0.2) is 41.4 Å². The number of ether oxygens (including phenoxy) is 1. The van der Waals surface area contributed by atoms with E-state index >= 15 is 0 Å². The third kappa shape index (κ3) is 5.61. The van der Waals surface area contributed by atoms with Crippen LogP contribution in [0.25, 0.3) is 0 Å². The molecule has 1 heterocycles. The van der Waals surface area contributed by atoms with E-state index in [0.29, 0.717) is 19.6 Å². The van der Waals surface area contributed by atoms with E-state index in [1.807, 2.05) is 33.9 Å². The number of carbonyl (C=O) groups excluding carboxylic acids is 1. The highest BCUT2D eigenvalue weighted by Gasteiger charge is 2.13. The van der Waals surface area contributed by atoms with Crippen LogP contribution in [0.2, 0.25) is 0 Å². The van der Waals surface area contributed by atoms with Crippen molar-refractivity contribution in [1.82, 2.24) is 20.2 Å². The zero-order chi connectivity index (χ0) is 15.2. The van der Waals surface area contributed by atoms with Crippen LogP contribution < -0.4 is 10.6 Å². The molecule has 6 heteroatoms. The van der Waals surface area contributed by atoms with Crippen molar-refractivity contribution in [2.45, 2.75) is 46.2 Å². The van der Waals surface area contributed by atoms with E-state index < -0.39 is 0 Å². The van der Waals surface area contributed by atoms with Crippen LogP contribution >= 0.6 is 0 Å². The number of amides is 2. The predicted octanol–water partition coefficient (Wildman–Crippen LogP) is 1.48. The van der Waals surface area contributed by atoms with Gasteiger partial charge in [0.1, 0.15) is 5.82 Å². The van der Waals surface area contributed by atoms with Crippen molar-refractivity contribution in [2.75, 3.05) is 20.3 Å².